The van der Waals surface area contributed by atoms with E-state index in [1.54, 1.807) is 13.0 Å². The largest absolute Gasteiger partial charge is 0.507 e. The first kappa shape index (κ1) is 28.0. The number of benzene rings is 3. The Bertz CT molecular complexity index is 1370. The van der Waals surface area contributed by atoms with Crippen LogP contribution in [0, 0.1) is 6.92 Å². The Morgan fingerprint density at radius 1 is 1.00 bits per heavy atom. The molecule has 1 N–H and O–H groups in total. The number of hydrogen-bond acceptors (Lipinski definition) is 4. The van der Waals surface area contributed by atoms with Crippen LogP contribution in [0.3, 0.4) is 0 Å². The minimum absolute atomic E-state index is 0.0352. The van der Waals surface area contributed by atoms with Crippen molar-refractivity contribution < 1.29 is 41.0 Å². The Hall–Kier alpha value is -4.02. The van der Waals surface area contributed by atoms with Gasteiger partial charge in [0.2, 0.25) is 5.91 Å². The second-order valence-electron chi connectivity index (χ2n) is 9.13. The van der Waals surface area contributed by atoms with Crippen molar-refractivity contribution in [2.45, 2.75) is 51.7 Å². The van der Waals surface area contributed by atoms with E-state index < -0.39 is 35.4 Å². The van der Waals surface area contributed by atoms with Crippen molar-refractivity contribution in [3.8, 4) is 11.5 Å². The zero-order chi connectivity index (χ0) is 28.5. The van der Waals surface area contributed by atoms with Crippen molar-refractivity contribution in [2.75, 3.05) is 0 Å². The van der Waals surface area contributed by atoms with Crippen LogP contribution in [0.25, 0.3) is 0 Å². The Kier molecular flexibility index (Phi) is 7.63. The average Bonchev–Trinajstić information content (AvgIpc) is 3.31. The van der Waals surface area contributed by atoms with E-state index >= 15 is 0 Å². The number of alkyl halides is 6. The van der Waals surface area contributed by atoms with Crippen molar-refractivity contribution in [3.05, 3.63) is 94.0 Å². The van der Waals surface area contributed by atoms with E-state index in [-0.39, 0.29) is 53.9 Å². The van der Waals surface area contributed by atoms with Crippen molar-refractivity contribution >= 4 is 11.6 Å². The standard InChI is InChI=1S/C28H24F6N2O3/c1-3-25(38)36-22(18-11-19(27(29,30)31)13-20(12-18)28(32,33)34)14-21(35-36)26-23(37)9-16(2)10-24(26)39-15-17-7-5-4-6-8-17/h4-13,22,37H,3,14-15H2,1-2H3/t22-/m1/s1. The van der Waals surface area contributed by atoms with Gasteiger partial charge in [0, 0.05) is 12.8 Å². The molecule has 1 amide bonds. The summed E-state index contributed by atoms with van der Waals surface area (Å²) in [4.78, 5) is 12.8. The fourth-order valence-corrected chi connectivity index (χ4v) is 4.36. The molecule has 0 spiro atoms. The predicted molar refractivity (Wildman–Crippen MR) is 131 cm³/mol. The van der Waals surface area contributed by atoms with Gasteiger partial charge in [0.1, 0.15) is 18.1 Å². The lowest BCUT2D eigenvalue weighted by Crippen LogP contribution is -2.27. The first-order chi connectivity index (χ1) is 18.3. The van der Waals surface area contributed by atoms with Crippen LogP contribution in [0.5, 0.6) is 11.5 Å². The highest BCUT2D eigenvalue weighted by molar-refractivity contribution is 6.07. The summed E-state index contributed by atoms with van der Waals surface area (Å²) in [6, 6.07) is 12.1. The number of rotatable bonds is 6. The monoisotopic (exact) mass is 550 g/mol. The third-order valence-corrected chi connectivity index (χ3v) is 6.21. The summed E-state index contributed by atoms with van der Waals surface area (Å²) >= 11 is 0. The van der Waals surface area contributed by atoms with Gasteiger partial charge in [0.25, 0.3) is 0 Å². The number of hydrazone groups is 1. The molecule has 1 aliphatic heterocycles. The number of hydrogen-bond donors (Lipinski definition) is 1. The zero-order valence-corrected chi connectivity index (χ0v) is 20.9. The molecule has 1 atom stereocenters. The number of carbonyl (C=O) groups excluding carboxylic acids is 1. The van der Waals surface area contributed by atoms with E-state index in [9.17, 15) is 36.2 Å². The van der Waals surface area contributed by atoms with Crippen LogP contribution in [-0.4, -0.2) is 21.7 Å². The average molecular weight is 550 g/mol. The number of carbonyl (C=O) groups is 1. The molecule has 11 heteroatoms. The molecule has 0 saturated heterocycles. The molecular formula is C28H24F6N2O3. The van der Waals surface area contributed by atoms with E-state index in [1.165, 1.54) is 13.0 Å². The number of phenolic OH excluding ortho intramolecular Hbond substituents is 1. The van der Waals surface area contributed by atoms with Gasteiger partial charge in [-0.1, -0.05) is 37.3 Å². The third-order valence-electron chi connectivity index (χ3n) is 6.21. The molecule has 1 heterocycles. The van der Waals surface area contributed by atoms with Crippen LogP contribution in [0.2, 0.25) is 0 Å². The highest BCUT2D eigenvalue weighted by Crippen LogP contribution is 2.43. The Balaban J connectivity index is 1.78. The predicted octanol–water partition coefficient (Wildman–Crippen LogP) is 7.40. The van der Waals surface area contributed by atoms with Crippen LogP contribution in [0.1, 0.15) is 59.2 Å². The molecule has 0 radical (unpaired) electrons. The molecule has 0 aromatic heterocycles. The van der Waals surface area contributed by atoms with Crippen LogP contribution < -0.4 is 4.74 Å². The second-order valence-corrected chi connectivity index (χ2v) is 9.13. The van der Waals surface area contributed by atoms with Gasteiger partial charge in [0.05, 0.1) is 28.4 Å². The Morgan fingerprint density at radius 3 is 2.18 bits per heavy atom. The van der Waals surface area contributed by atoms with E-state index in [1.807, 2.05) is 30.3 Å². The maximum absolute atomic E-state index is 13.5. The van der Waals surface area contributed by atoms with Crippen LogP contribution in [-0.2, 0) is 23.8 Å². The minimum Gasteiger partial charge on any atom is -0.507 e. The maximum Gasteiger partial charge on any atom is 0.416 e. The Labute approximate surface area is 220 Å². The summed E-state index contributed by atoms with van der Waals surface area (Å²) in [7, 11) is 0. The fourth-order valence-electron chi connectivity index (χ4n) is 4.36. The molecule has 39 heavy (non-hydrogen) atoms. The lowest BCUT2D eigenvalue weighted by atomic mass is 9.93. The van der Waals surface area contributed by atoms with Crippen LogP contribution in [0.15, 0.2) is 65.8 Å². The molecular weight excluding hydrogens is 526 g/mol. The first-order valence-electron chi connectivity index (χ1n) is 12.0. The van der Waals surface area contributed by atoms with Gasteiger partial charge in [-0.05, 0) is 53.9 Å². The molecule has 4 rings (SSSR count). The highest BCUT2D eigenvalue weighted by atomic mass is 19.4. The molecule has 3 aromatic rings. The van der Waals surface area contributed by atoms with Gasteiger partial charge in [0.15, 0.2) is 0 Å². The van der Waals surface area contributed by atoms with E-state index in [0.29, 0.717) is 17.7 Å². The summed E-state index contributed by atoms with van der Waals surface area (Å²) in [5, 5.41) is 16.0. The number of halogens is 6. The SMILES string of the molecule is CCC(=O)N1N=C(c2c(O)cc(C)cc2OCc2ccccc2)C[C@@H]1c1cc(C(F)(F)F)cc(C(F)(F)F)c1. The Morgan fingerprint density at radius 2 is 1.62 bits per heavy atom. The fraction of sp³-hybridized carbons (Fsp3) is 0.286. The van der Waals surface area contributed by atoms with Gasteiger partial charge in [-0.3, -0.25) is 4.79 Å². The van der Waals surface area contributed by atoms with Gasteiger partial charge in [-0.15, -0.1) is 0 Å². The summed E-state index contributed by atoms with van der Waals surface area (Å²) in [6.45, 7) is 3.33. The number of phenols is 1. The van der Waals surface area contributed by atoms with Gasteiger partial charge < -0.3 is 9.84 Å². The molecule has 0 saturated carbocycles. The maximum atomic E-state index is 13.5. The van der Waals surface area contributed by atoms with Gasteiger partial charge in [-0.2, -0.15) is 31.4 Å². The molecule has 0 unspecified atom stereocenters. The molecule has 0 bridgehead atoms. The highest BCUT2D eigenvalue weighted by Gasteiger charge is 2.40. The molecule has 0 aliphatic carbocycles. The van der Waals surface area contributed by atoms with Crippen molar-refractivity contribution in [1.82, 2.24) is 5.01 Å². The second kappa shape index (κ2) is 10.6. The minimum atomic E-state index is -5.05. The van der Waals surface area contributed by atoms with Gasteiger partial charge in [-0.25, -0.2) is 5.01 Å². The zero-order valence-electron chi connectivity index (χ0n) is 20.9. The number of amides is 1. The number of aromatic hydroxyl groups is 1. The lowest BCUT2D eigenvalue weighted by molar-refractivity contribution is -0.143. The molecule has 1 aliphatic rings. The molecule has 3 aromatic carbocycles. The first-order valence-corrected chi connectivity index (χ1v) is 12.0. The van der Waals surface area contributed by atoms with E-state index in [2.05, 4.69) is 5.10 Å². The summed E-state index contributed by atoms with van der Waals surface area (Å²) in [6.07, 6.45) is -10.4. The van der Waals surface area contributed by atoms with Gasteiger partial charge >= 0.3 is 12.4 Å². The normalized spacial score (nSPS) is 15.8. The van der Waals surface area contributed by atoms with Crippen molar-refractivity contribution in [3.63, 3.8) is 0 Å². The van der Waals surface area contributed by atoms with E-state index in [4.69, 9.17) is 4.74 Å². The summed E-state index contributed by atoms with van der Waals surface area (Å²) in [5.41, 5.74) is -1.70. The van der Waals surface area contributed by atoms with Crippen LogP contribution >= 0.6 is 0 Å². The van der Waals surface area contributed by atoms with Crippen LogP contribution in [0.4, 0.5) is 26.3 Å². The smallest absolute Gasteiger partial charge is 0.416 e. The summed E-state index contributed by atoms with van der Waals surface area (Å²) in [5.74, 6) is -0.652. The summed E-state index contributed by atoms with van der Waals surface area (Å²) < 4.78 is 87.1. The quantitative estimate of drug-likeness (QED) is 0.325. The number of aryl methyl sites for hydroxylation is 1. The molecule has 0 fully saturated rings. The molecule has 206 valence electrons. The molecule has 5 nitrogen and oxygen atoms in total. The van der Waals surface area contributed by atoms with Crippen molar-refractivity contribution in [1.29, 1.82) is 0 Å². The topological polar surface area (TPSA) is 62.1 Å². The number of ether oxygens (including phenoxy) is 1. The third kappa shape index (κ3) is 6.18. The number of nitrogens with zero attached hydrogens (tertiary/aromatic N) is 2. The lowest BCUT2D eigenvalue weighted by Gasteiger charge is -2.23. The van der Waals surface area contributed by atoms with Crippen molar-refractivity contribution in [2.24, 2.45) is 5.10 Å². The van der Waals surface area contributed by atoms with E-state index in [0.717, 1.165) is 10.6 Å².